The molecule has 0 amide bonds. The summed E-state index contributed by atoms with van der Waals surface area (Å²) in [7, 11) is 0. The Kier molecular flexibility index (Phi) is 5.88. The molecule has 1 fully saturated rings. The van der Waals surface area contributed by atoms with E-state index < -0.39 is 0 Å². The smallest absolute Gasteiger partial charge is 0.132 e. The largest absolute Gasteiger partial charge is 0.467 e. The number of piperidine rings is 1. The third-order valence-electron chi connectivity index (χ3n) is 2.98. The Bertz CT molecular complexity index is 271. The van der Waals surface area contributed by atoms with Gasteiger partial charge < -0.3 is 14.5 Å². The van der Waals surface area contributed by atoms with E-state index in [0.29, 0.717) is 5.92 Å². The Labute approximate surface area is 103 Å². The number of nitrogens with one attached hydrogen (secondary N) is 1. The van der Waals surface area contributed by atoms with Crippen LogP contribution in [0.5, 0.6) is 0 Å². The van der Waals surface area contributed by atoms with Crippen LogP contribution in [-0.2, 0) is 4.74 Å². The number of furan rings is 1. The summed E-state index contributed by atoms with van der Waals surface area (Å²) < 4.78 is 11.1. The van der Waals surface area contributed by atoms with E-state index in [0.717, 1.165) is 25.5 Å². The average molecular weight is 246 g/mol. The molecule has 0 saturated carbocycles. The molecular formula is C12H20ClNO2. The molecule has 2 heterocycles. The average Bonchev–Trinajstić information content (AvgIpc) is 2.81. The van der Waals surface area contributed by atoms with E-state index in [4.69, 9.17) is 9.15 Å². The van der Waals surface area contributed by atoms with Gasteiger partial charge in [-0.2, -0.15) is 0 Å². The second-order valence-corrected chi connectivity index (χ2v) is 4.18. The molecule has 1 aliphatic rings. The van der Waals surface area contributed by atoms with Crippen LogP contribution in [0.3, 0.4) is 0 Å². The van der Waals surface area contributed by atoms with Crippen LogP contribution in [0.25, 0.3) is 0 Å². The fraction of sp³-hybridized carbons (Fsp3) is 0.667. The van der Waals surface area contributed by atoms with Crippen LogP contribution in [0.15, 0.2) is 22.8 Å². The van der Waals surface area contributed by atoms with Gasteiger partial charge in [0, 0.05) is 0 Å². The lowest BCUT2D eigenvalue weighted by Gasteiger charge is -2.23. The second kappa shape index (κ2) is 6.94. The quantitative estimate of drug-likeness (QED) is 0.886. The Morgan fingerprint density at radius 3 is 2.88 bits per heavy atom. The van der Waals surface area contributed by atoms with E-state index in [9.17, 15) is 0 Å². The van der Waals surface area contributed by atoms with Gasteiger partial charge in [-0.1, -0.05) is 0 Å². The molecule has 0 aliphatic carbocycles. The van der Waals surface area contributed by atoms with Crippen molar-refractivity contribution < 1.29 is 9.15 Å². The SMILES string of the molecule is CC(OCC1CCNCC1)c1ccco1.Cl. The van der Waals surface area contributed by atoms with Crippen LogP contribution in [0, 0.1) is 5.92 Å². The summed E-state index contributed by atoms with van der Waals surface area (Å²) in [5, 5.41) is 3.36. The number of hydrogen-bond donors (Lipinski definition) is 1. The molecule has 16 heavy (non-hydrogen) atoms. The molecule has 0 radical (unpaired) electrons. The molecule has 1 saturated heterocycles. The van der Waals surface area contributed by atoms with Gasteiger partial charge in [0.15, 0.2) is 0 Å². The summed E-state index contributed by atoms with van der Waals surface area (Å²) in [5.41, 5.74) is 0. The zero-order valence-corrected chi connectivity index (χ0v) is 10.5. The molecule has 1 unspecified atom stereocenters. The van der Waals surface area contributed by atoms with E-state index in [1.165, 1.54) is 12.8 Å². The van der Waals surface area contributed by atoms with E-state index in [-0.39, 0.29) is 18.5 Å². The maximum Gasteiger partial charge on any atom is 0.132 e. The molecule has 1 aromatic rings. The molecule has 4 heteroatoms. The van der Waals surface area contributed by atoms with Gasteiger partial charge in [-0.3, -0.25) is 0 Å². The molecule has 1 aliphatic heterocycles. The molecule has 1 aromatic heterocycles. The first kappa shape index (κ1) is 13.6. The highest BCUT2D eigenvalue weighted by molar-refractivity contribution is 5.85. The van der Waals surface area contributed by atoms with Crippen LogP contribution < -0.4 is 5.32 Å². The van der Waals surface area contributed by atoms with Gasteiger partial charge in [0.1, 0.15) is 11.9 Å². The highest BCUT2D eigenvalue weighted by Crippen LogP contribution is 2.20. The first-order valence-corrected chi connectivity index (χ1v) is 5.72. The maximum absolute atomic E-state index is 5.80. The molecule has 3 nitrogen and oxygen atoms in total. The Morgan fingerprint density at radius 1 is 1.50 bits per heavy atom. The number of halogens is 1. The van der Waals surface area contributed by atoms with Crippen molar-refractivity contribution in [1.29, 1.82) is 0 Å². The van der Waals surface area contributed by atoms with Gasteiger partial charge in [-0.15, -0.1) is 12.4 Å². The van der Waals surface area contributed by atoms with Crippen molar-refractivity contribution in [3.05, 3.63) is 24.2 Å². The summed E-state index contributed by atoms with van der Waals surface area (Å²) in [5.74, 6) is 1.63. The standard InChI is InChI=1S/C12H19NO2.ClH/c1-10(12-3-2-8-14-12)15-9-11-4-6-13-7-5-11;/h2-3,8,10-11,13H,4-7,9H2,1H3;1H. The molecule has 0 aromatic carbocycles. The second-order valence-electron chi connectivity index (χ2n) is 4.18. The third-order valence-corrected chi connectivity index (χ3v) is 2.98. The Balaban J connectivity index is 0.00000128. The topological polar surface area (TPSA) is 34.4 Å². The van der Waals surface area contributed by atoms with Gasteiger partial charge in [0.25, 0.3) is 0 Å². The summed E-state index contributed by atoms with van der Waals surface area (Å²) in [6, 6.07) is 3.87. The zero-order chi connectivity index (χ0) is 10.5. The van der Waals surface area contributed by atoms with Crippen molar-refractivity contribution in [2.24, 2.45) is 5.92 Å². The summed E-state index contributed by atoms with van der Waals surface area (Å²) >= 11 is 0. The van der Waals surface area contributed by atoms with Crippen molar-refractivity contribution >= 4 is 12.4 Å². The number of ether oxygens (including phenoxy) is 1. The fourth-order valence-electron chi connectivity index (χ4n) is 1.93. The van der Waals surface area contributed by atoms with Crippen molar-refractivity contribution in [2.45, 2.75) is 25.9 Å². The lowest BCUT2D eigenvalue weighted by molar-refractivity contribution is 0.0202. The van der Waals surface area contributed by atoms with Crippen LogP contribution in [-0.4, -0.2) is 19.7 Å². The minimum Gasteiger partial charge on any atom is -0.467 e. The minimum atomic E-state index is 0. The maximum atomic E-state index is 5.80. The van der Waals surface area contributed by atoms with Crippen LogP contribution in [0.4, 0.5) is 0 Å². The monoisotopic (exact) mass is 245 g/mol. The molecule has 92 valence electrons. The summed E-state index contributed by atoms with van der Waals surface area (Å²) in [4.78, 5) is 0. The predicted octanol–water partition coefficient (Wildman–Crippen LogP) is 2.78. The molecule has 2 rings (SSSR count). The van der Waals surface area contributed by atoms with Crippen LogP contribution in [0.1, 0.15) is 31.6 Å². The predicted molar refractivity (Wildman–Crippen MR) is 65.9 cm³/mol. The Morgan fingerprint density at radius 2 is 2.25 bits per heavy atom. The van der Waals surface area contributed by atoms with Gasteiger partial charge >= 0.3 is 0 Å². The molecule has 0 spiro atoms. The normalized spacial score (nSPS) is 19.1. The van der Waals surface area contributed by atoms with Gasteiger partial charge in [0.2, 0.25) is 0 Å². The van der Waals surface area contributed by atoms with Gasteiger partial charge in [-0.05, 0) is 50.9 Å². The first-order valence-electron chi connectivity index (χ1n) is 5.72. The first-order chi connectivity index (χ1) is 7.36. The van der Waals surface area contributed by atoms with Crippen molar-refractivity contribution in [2.75, 3.05) is 19.7 Å². The fourth-order valence-corrected chi connectivity index (χ4v) is 1.93. The third kappa shape index (κ3) is 3.81. The van der Waals surface area contributed by atoms with E-state index >= 15 is 0 Å². The number of hydrogen-bond acceptors (Lipinski definition) is 3. The molecule has 1 atom stereocenters. The minimum absolute atomic E-state index is 0. The van der Waals surface area contributed by atoms with E-state index in [2.05, 4.69) is 5.32 Å². The summed E-state index contributed by atoms with van der Waals surface area (Å²) in [6.45, 7) is 5.15. The zero-order valence-electron chi connectivity index (χ0n) is 9.65. The lowest BCUT2D eigenvalue weighted by Crippen LogP contribution is -2.30. The van der Waals surface area contributed by atoms with Gasteiger partial charge in [0.05, 0.1) is 12.9 Å². The van der Waals surface area contributed by atoms with Crippen molar-refractivity contribution in [1.82, 2.24) is 5.32 Å². The van der Waals surface area contributed by atoms with Crippen molar-refractivity contribution in [3.8, 4) is 0 Å². The highest BCUT2D eigenvalue weighted by atomic mass is 35.5. The van der Waals surface area contributed by atoms with Crippen molar-refractivity contribution in [3.63, 3.8) is 0 Å². The molecular weight excluding hydrogens is 226 g/mol. The van der Waals surface area contributed by atoms with Gasteiger partial charge in [-0.25, -0.2) is 0 Å². The van der Waals surface area contributed by atoms with E-state index in [1.54, 1.807) is 6.26 Å². The number of rotatable bonds is 4. The summed E-state index contributed by atoms with van der Waals surface area (Å²) in [6.07, 6.45) is 4.23. The molecule has 0 bridgehead atoms. The molecule has 1 N–H and O–H groups in total. The lowest BCUT2D eigenvalue weighted by atomic mass is 9.99. The van der Waals surface area contributed by atoms with Crippen LogP contribution in [0.2, 0.25) is 0 Å². The highest BCUT2D eigenvalue weighted by Gasteiger charge is 2.15. The van der Waals surface area contributed by atoms with Crippen LogP contribution >= 0.6 is 12.4 Å². The van der Waals surface area contributed by atoms with E-state index in [1.807, 2.05) is 19.1 Å². The Hall–Kier alpha value is -0.510.